The molecule has 0 bridgehead atoms. The van der Waals surface area contributed by atoms with Crippen LogP contribution in [0.2, 0.25) is 0 Å². The first kappa shape index (κ1) is 13.6. The molecule has 6 heteroatoms. The number of hydrogen-bond donors (Lipinski definition) is 1. The predicted octanol–water partition coefficient (Wildman–Crippen LogP) is 2.06. The number of nitrogens with zero attached hydrogens (tertiary/aromatic N) is 2. The number of carbonyl (C=O) groups excluding carboxylic acids is 1. The van der Waals surface area contributed by atoms with Crippen LogP contribution in [0.25, 0.3) is 0 Å². The van der Waals surface area contributed by atoms with Gasteiger partial charge in [0.2, 0.25) is 0 Å². The number of rotatable bonds is 4. The summed E-state index contributed by atoms with van der Waals surface area (Å²) < 4.78 is 13.6. The Kier molecular flexibility index (Phi) is 4.24. The SMILES string of the molecule is CN(C(=O)c1csc(CCN)n1)c1ccccc1F. The van der Waals surface area contributed by atoms with Crippen LogP contribution in [0.15, 0.2) is 29.6 Å². The maximum atomic E-state index is 13.6. The highest BCUT2D eigenvalue weighted by atomic mass is 32.1. The minimum Gasteiger partial charge on any atom is -0.330 e. The van der Waals surface area contributed by atoms with E-state index in [-0.39, 0.29) is 11.6 Å². The summed E-state index contributed by atoms with van der Waals surface area (Å²) in [5, 5.41) is 2.48. The van der Waals surface area contributed by atoms with E-state index in [1.165, 1.54) is 29.4 Å². The summed E-state index contributed by atoms with van der Waals surface area (Å²) in [6, 6.07) is 6.14. The van der Waals surface area contributed by atoms with E-state index in [9.17, 15) is 9.18 Å². The summed E-state index contributed by atoms with van der Waals surface area (Å²) >= 11 is 1.39. The van der Waals surface area contributed by atoms with Crippen molar-refractivity contribution in [1.29, 1.82) is 0 Å². The Morgan fingerprint density at radius 2 is 2.21 bits per heavy atom. The smallest absolute Gasteiger partial charge is 0.277 e. The van der Waals surface area contributed by atoms with Gasteiger partial charge in [0.25, 0.3) is 5.91 Å². The van der Waals surface area contributed by atoms with E-state index in [0.29, 0.717) is 18.7 Å². The minimum atomic E-state index is -0.434. The van der Waals surface area contributed by atoms with E-state index in [1.807, 2.05) is 0 Å². The summed E-state index contributed by atoms with van der Waals surface area (Å²) in [5.74, 6) is -0.764. The number of anilines is 1. The Morgan fingerprint density at radius 1 is 1.47 bits per heavy atom. The summed E-state index contributed by atoms with van der Waals surface area (Å²) in [7, 11) is 1.53. The molecule has 2 aromatic rings. The summed E-state index contributed by atoms with van der Waals surface area (Å²) in [5.41, 5.74) is 5.99. The molecule has 2 N–H and O–H groups in total. The van der Waals surface area contributed by atoms with Crippen molar-refractivity contribution < 1.29 is 9.18 Å². The quantitative estimate of drug-likeness (QED) is 0.932. The fraction of sp³-hybridized carbons (Fsp3) is 0.231. The molecule has 0 unspecified atom stereocenters. The Bertz CT molecular complexity index is 585. The second-order valence-electron chi connectivity index (χ2n) is 3.98. The molecule has 0 aliphatic heterocycles. The Labute approximate surface area is 114 Å². The van der Waals surface area contributed by atoms with E-state index in [1.54, 1.807) is 23.6 Å². The van der Waals surface area contributed by atoms with Gasteiger partial charge in [-0.1, -0.05) is 12.1 Å². The van der Waals surface area contributed by atoms with E-state index < -0.39 is 5.82 Å². The number of halogens is 1. The standard InChI is InChI=1S/C13H14FN3OS/c1-17(11-5-3-2-4-9(11)14)13(18)10-8-19-12(16-10)6-7-15/h2-5,8H,6-7,15H2,1H3. The van der Waals surface area contributed by atoms with Crippen LogP contribution in [0.3, 0.4) is 0 Å². The molecule has 4 nitrogen and oxygen atoms in total. The second-order valence-corrected chi connectivity index (χ2v) is 4.92. The molecule has 1 amide bonds. The van der Waals surface area contributed by atoms with Gasteiger partial charge in [0.15, 0.2) is 0 Å². The number of hydrogen-bond acceptors (Lipinski definition) is 4. The largest absolute Gasteiger partial charge is 0.330 e. The van der Waals surface area contributed by atoms with Crippen molar-refractivity contribution in [3.05, 3.63) is 46.2 Å². The van der Waals surface area contributed by atoms with Crippen LogP contribution in [0.1, 0.15) is 15.5 Å². The van der Waals surface area contributed by atoms with Gasteiger partial charge in [-0.15, -0.1) is 11.3 Å². The Balaban J connectivity index is 2.21. The second kappa shape index (κ2) is 5.90. The molecule has 0 radical (unpaired) electrons. The van der Waals surface area contributed by atoms with E-state index in [0.717, 1.165) is 5.01 Å². The normalized spacial score (nSPS) is 10.5. The highest BCUT2D eigenvalue weighted by molar-refractivity contribution is 7.09. The van der Waals surface area contributed by atoms with Gasteiger partial charge in [-0.25, -0.2) is 9.37 Å². The lowest BCUT2D eigenvalue weighted by molar-refractivity contribution is 0.0988. The van der Waals surface area contributed by atoms with Gasteiger partial charge in [-0.3, -0.25) is 4.79 Å². The highest BCUT2D eigenvalue weighted by Crippen LogP contribution is 2.20. The van der Waals surface area contributed by atoms with Crippen LogP contribution in [-0.4, -0.2) is 24.5 Å². The molecule has 1 aromatic carbocycles. The van der Waals surface area contributed by atoms with E-state index in [2.05, 4.69) is 4.98 Å². The van der Waals surface area contributed by atoms with Crippen molar-refractivity contribution in [3.8, 4) is 0 Å². The molecule has 1 heterocycles. The molecule has 0 aliphatic carbocycles. The number of para-hydroxylation sites is 1. The third kappa shape index (κ3) is 2.97. The summed E-state index contributed by atoms with van der Waals surface area (Å²) in [6.07, 6.45) is 0.640. The van der Waals surface area contributed by atoms with E-state index in [4.69, 9.17) is 5.73 Å². The lowest BCUT2D eigenvalue weighted by Gasteiger charge is -2.16. The summed E-state index contributed by atoms with van der Waals surface area (Å²) in [6.45, 7) is 0.490. The van der Waals surface area contributed by atoms with Gasteiger partial charge in [0, 0.05) is 18.8 Å². The average molecular weight is 279 g/mol. The van der Waals surface area contributed by atoms with Crippen molar-refractivity contribution in [2.75, 3.05) is 18.5 Å². The monoisotopic (exact) mass is 279 g/mol. The van der Waals surface area contributed by atoms with Gasteiger partial charge in [0.05, 0.1) is 10.7 Å². The molecule has 0 aliphatic rings. The van der Waals surface area contributed by atoms with Crippen LogP contribution in [-0.2, 0) is 6.42 Å². The fourth-order valence-corrected chi connectivity index (χ4v) is 2.44. The van der Waals surface area contributed by atoms with Crippen molar-refractivity contribution in [2.45, 2.75) is 6.42 Å². The lowest BCUT2D eigenvalue weighted by Crippen LogP contribution is -2.27. The lowest BCUT2D eigenvalue weighted by atomic mass is 10.2. The number of carbonyl (C=O) groups is 1. The number of thiazole rings is 1. The van der Waals surface area contributed by atoms with Crippen molar-refractivity contribution in [3.63, 3.8) is 0 Å². The minimum absolute atomic E-state index is 0.237. The topological polar surface area (TPSA) is 59.2 Å². The number of aromatic nitrogens is 1. The number of nitrogens with two attached hydrogens (primary N) is 1. The maximum Gasteiger partial charge on any atom is 0.277 e. The van der Waals surface area contributed by atoms with Crippen LogP contribution < -0.4 is 10.6 Å². The first-order valence-electron chi connectivity index (χ1n) is 5.80. The Hall–Kier alpha value is -1.79. The highest BCUT2D eigenvalue weighted by Gasteiger charge is 2.18. The van der Waals surface area contributed by atoms with Gasteiger partial charge in [-0.2, -0.15) is 0 Å². The molecule has 0 atom stereocenters. The maximum absolute atomic E-state index is 13.6. The first-order valence-corrected chi connectivity index (χ1v) is 6.68. The molecule has 19 heavy (non-hydrogen) atoms. The molecule has 0 fully saturated rings. The van der Waals surface area contributed by atoms with E-state index >= 15 is 0 Å². The van der Waals surface area contributed by atoms with Gasteiger partial charge >= 0.3 is 0 Å². The van der Waals surface area contributed by atoms with Crippen LogP contribution in [0, 0.1) is 5.82 Å². The van der Waals surface area contributed by atoms with Crippen molar-refractivity contribution in [2.24, 2.45) is 5.73 Å². The third-order valence-electron chi connectivity index (χ3n) is 2.65. The zero-order chi connectivity index (χ0) is 13.8. The molecule has 0 spiro atoms. The fourth-order valence-electron chi connectivity index (χ4n) is 1.65. The number of benzene rings is 1. The molecule has 1 aromatic heterocycles. The molecule has 100 valence electrons. The van der Waals surface area contributed by atoms with Gasteiger partial charge < -0.3 is 10.6 Å². The molecule has 0 saturated heterocycles. The molecule has 2 rings (SSSR count). The van der Waals surface area contributed by atoms with Crippen molar-refractivity contribution >= 4 is 22.9 Å². The van der Waals surface area contributed by atoms with Crippen LogP contribution in [0.4, 0.5) is 10.1 Å². The van der Waals surface area contributed by atoms with Gasteiger partial charge in [-0.05, 0) is 18.7 Å². The Morgan fingerprint density at radius 3 is 2.89 bits per heavy atom. The average Bonchev–Trinajstić information content (AvgIpc) is 2.87. The number of amides is 1. The molecular weight excluding hydrogens is 265 g/mol. The van der Waals surface area contributed by atoms with Gasteiger partial charge in [0.1, 0.15) is 11.5 Å². The zero-order valence-corrected chi connectivity index (χ0v) is 11.3. The molecule has 0 saturated carbocycles. The summed E-state index contributed by atoms with van der Waals surface area (Å²) in [4.78, 5) is 17.6. The molecular formula is C13H14FN3OS. The zero-order valence-electron chi connectivity index (χ0n) is 10.5. The van der Waals surface area contributed by atoms with Crippen LogP contribution >= 0.6 is 11.3 Å². The first-order chi connectivity index (χ1) is 9.13. The van der Waals surface area contributed by atoms with Crippen LogP contribution in [0.5, 0.6) is 0 Å². The van der Waals surface area contributed by atoms with Crippen molar-refractivity contribution in [1.82, 2.24) is 4.98 Å². The third-order valence-corrected chi connectivity index (χ3v) is 3.56. The predicted molar refractivity (Wildman–Crippen MR) is 74.0 cm³/mol.